The van der Waals surface area contributed by atoms with Gasteiger partial charge in [0, 0.05) is 73.5 Å². The van der Waals surface area contributed by atoms with Gasteiger partial charge in [-0.25, -0.2) is 15.0 Å². The summed E-state index contributed by atoms with van der Waals surface area (Å²) in [5, 5.41) is 3.89. The number of pyridine rings is 3. The Hall–Kier alpha value is -8.45. The monoisotopic (exact) mass is 1050 g/mol. The number of fused-ring (bicyclic) bond motifs is 7. The van der Waals surface area contributed by atoms with Crippen molar-refractivity contribution in [2.24, 2.45) is 0 Å². The van der Waals surface area contributed by atoms with E-state index < -0.39 is 60.4 Å². The Kier molecular flexibility index (Phi) is 7.55. The average molecular weight is 1050 g/mol. The van der Waals surface area contributed by atoms with Crippen LogP contribution < -0.4 is 9.30 Å². The molecule has 9 heteroatoms. The summed E-state index contributed by atoms with van der Waals surface area (Å²) < 4.78 is 101. The van der Waals surface area contributed by atoms with Gasteiger partial charge in [0.25, 0.3) is 6.33 Å². The van der Waals surface area contributed by atoms with Crippen LogP contribution in [0, 0.1) is 18.5 Å². The van der Waals surface area contributed by atoms with E-state index in [2.05, 4.69) is 29.1 Å². The van der Waals surface area contributed by atoms with Crippen LogP contribution in [0.4, 0.5) is 0 Å². The Labute approximate surface area is 413 Å². The first-order valence-corrected chi connectivity index (χ1v) is 21.0. The molecule has 0 aliphatic heterocycles. The first kappa shape index (κ1) is 30.6. The van der Waals surface area contributed by atoms with Crippen molar-refractivity contribution in [1.82, 2.24) is 28.7 Å². The van der Waals surface area contributed by atoms with Gasteiger partial charge in [0.1, 0.15) is 17.1 Å². The molecule has 0 bridgehead atoms. The van der Waals surface area contributed by atoms with Crippen molar-refractivity contribution < 1.29 is 44.1 Å². The number of imidazole rings is 1. The van der Waals surface area contributed by atoms with E-state index in [0.717, 1.165) is 49.6 Å². The molecule has 0 unspecified atom stereocenters. The minimum atomic E-state index is -0.579. The second-order valence-corrected chi connectivity index (χ2v) is 15.4. The third-order valence-electron chi connectivity index (χ3n) is 11.6. The molecule has 0 spiro atoms. The van der Waals surface area contributed by atoms with Crippen molar-refractivity contribution in [3.63, 3.8) is 0 Å². The van der Waals surface area contributed by atoms with Crippen molar-refractivity contribution in [1.29, 1.82) is 0 Å². The predicted octanol–water partition coefficient (Wildman–Crippen LogP) is 12.8. The quantitative estimate of drug-likeness (QED) is 0.112. The fourth-order valence-corrected chi connectivity index (χ4v) is 8.86. The SMILES string of the molecule is [2H]c1c([2H])c([2H])c(-c2cccc(-c3c([2H])c([2H])c([2H])c([2H])c3[2H])c2-[n+]2[c-]n(-c3[c-]c(Oc4[c-]c5c(cc4)c4ccccc4n5-c4cc(-n5c6ncccc6c6cccnc65)ccn4)ccc3)c3ccccc32)c([2H])c1[2H].[Pt]. The molecule has 13 rings (SSSR count). The van der Waals surface area contributed by atoms with Crippen LogP contribution in [0.5, 0.6) is 11.5 Å². The molecule has 8 nitrogen and oxygen atoms in total. The molecule has 0 aliphatic carbocycles. The number of aromatic nitrogens is 7. The zero-order valence-corrected chi connectivity index (χ0v) is 37.1. The van der Waals surface area contributed by atoms with Crippen molar-refractivity contribution >= 4 is 54.9 Å². The van der Waals surface area contributed by atoms with Crippen molar-refractivity contribution in [2.45, 2.75) is 0 Å². The van der Waals surface area contributed by atoms with Crippen molar-refractivity contribution in [3.8, 4) is 56.6 Å². The molecule has 0 atom stereocenters. The van der Waals surface area contributed by atoms with Gasteiger partial charge in [0.2, 0.25) is 0 Å². The fraction of sp³-hybridized carbons (Fsp3) is 0. The minimum Gasteiger partial charge on any atom is -0.510 e. The molecule has 0 saturated carbocycles. The first-order valence-electron chi connectivity index (χ1n) is 26.0. The topological polar surface area (TPSA) is 66.6 Å². The van der Waals surface area contributed by atoms with Gasteiger partial charge in [0.15, 0.2) is 0 Å². The Morgan fingerprint density at radius 1 is 0.522 bits per heavy atom. The predicted molar refractivity (Wildman–Crippen MR) is 261 cm³/mol. The van der Waals surface area contributed by atoms with Crippen LogP contribution in [0.1, 0.15) is 13.7 Å². The maximum absolute atomic E-state index is 9.03. The Morgan fingerprint density at radius 2 is 1.16 bits per heavy atom. The molecule has 7 aromatic carbocycles. The van der Waals surface area contributed by atoms with Gasteiger partial charge in [-0.2, -0.15) is 18.2 Å². The Morgan fingerprint density at radius 3 is 1.90 bits per heavy atom. The third-order valence-corrected chi connectivity index (χ3v) is 11.6. The number of nitrogens with zero attached hydrogens (tertiary/aromatic N) is 7. The molecule has 6 aromatic heterocycles. The number of ether oxygens (including phenoxy) is 1. The summed E-state index contributed by atoms with van der Waals surface area (Å²) in [6.07, 6.45) is 8.72. The van der Waals surface area contributed by atoms with Crippen molar-refractivity contribution in [3.05, 3.63) is 231 Å². The summed E-state index contributed by atoms with van der Waals surface area (Å²) in [5.41, 5.74) is 5.72. The normalized spacial score (nSPS) is 13.6. The van der Waals surface area contributed by atoms with Crippen LogP contribution in [0.3, 0.4) is 0 Å². The molecular formula is C58H35N7OPt-2. The maximum Gasteiger partial charge on any atom is 0.268 e. The fourth-order valence-electron chi connectivity index (χ4n) is 8.86. The van der Waals surface area contributed by atoms with Crippen LogP contribution in [-0.4, -0.2) is 28.7 Å². The third kappa shape index (κ3) is 6.72. The Bertz CT molecular complexity index is 4420. The van der Waals surface area contributed by atoms with Gasteiger partial charge in [-0.3, -0.25) is 9.13 Å². The van der Waals surface area contributed by atoms with E-state index in [9.17, 15) is 0 Å². The number of para-hydroxylation sites is 4. The average Bonchev–Trinajstić information content (AvgIpc) is 4.28. The second kappa shape index (κ2) is 16.5. The Balaban J connectivity index is 0.00000596. The molecular weight excluding hydrogens is 1010 g/mol. The first-order chi connectivity index (χ1) is 36.9. The van der Waals surface area contributed by atoms with Gasteiger partial charge in [0.05, 0.1) is 36.1 Å². The summed E-state index contributed by atoms with van der Waals surface area (Å²) in [7, 11) is 0. The second-order valence-electron chi connectivity index (χ2n) is 15.4. The summed E-state index contributed by atoms with van der Waals surface area (Å²) in [6, 6.07) is 42.7. The summed E-state index contributed by atoms with van der Waals surface area (Å²) >= 11 is 0. The molecule has 0 fully saturated rings. The molecule has 6 heterocycles. The van der Waals surface area contributed by atoms with Gasteiger partial charge >= 0.3 is 0 Å². The van der Waals surface area contributed by atoms with Crippen LogP contribution in [0.15, 0.2) is 212 Å². The largest absolute Gasteiger partial charge is 0.510 e. The molecule has 13 aromatic rings. The summed E-state index contributed by atoms with van der Waals surface area (Å²) in [5.74, 6) is 1.36. The van der Waals surface area contributed by atoms with E-state index >= 15 is 0 Å². The summed E-state index contributed by atoms with van der Waals surface area (Å²) in [4.78, 5) is 14.4. The van der Waals surface area contributed by atoms with E-state index in [1.807, 2.05) is 89.5 Å². The number of hydrogen-bond donors (Lipinski definition) is 0. The van der Waals surface area contributed by atoms with Crippen LogP contribution in [0.2, 0.25) is 0 Å². The van der Waals surface area contributed by atoms with Crippen molar-refractivity contribution in [2.75, 3.05) is 0 Å². The number of hydrogen-bond acceptors (Lipinski definition) is 4. The summed E-state index contributed by atoms with van der Waals surface area (Å²) in [6.45, 7) is 0. The van der Waals surface area contributed by atoms with Crippen LogP contribution >= 0.6 is 0 Å². The zero-order valence-electron chi connectivity index (χ0n) is 44.8. The van der Waals surface area contributed by atoms with Gasteiger partial charge < -0.3 is 13.9 Å². The molecule has 0 N–H and O–H groups in total. The van der Waals surface area contributed by atoms with Gasteiger partial charge in [-0.15, -0.1) is 29.7 Å². The standard InChI is InChI=1S/C58H35N7O.Pt/c1-3-15-39(16-4-1)45-22-12-23-46(40-17-5-2-6-18-40)56(45)63-38-62(52-27-9-10-28-53(52)63)41-19-11-20-43(35-41)66-44-29-30-48-47-21-7-8-26-51(47)65(54(48)37-44)55-36-42(31-34-59-55)64-57-49(24-13-32-60-57)50-25-14-33-61-58(50)64;/h1-34,36H;/q-2;/i1D,2D,3D,4D,5D,6D,15D,16D,17D,18D;. The van der Waals surface area contributed by atoms with Crippen LogP contribution in [0.25, 0.3) is 100 Å². The van der Waals surface area contributed by atoms with E-state index in [1.165, 1.54) is 0 Å². The molecule has 0 saturated heterocycles. The van der Waals surface area contributed by atoms with E-state index in [1.54, 1.807) is 70.2 Å². The molecule has 0 aliphatic rings. The van der Waals surface area contributed by atoms with Gasteiger partial charge in [-0.05, 0) is 69.7 Å². The maximum atomic E-state index is 9.03. The van der Waals surface area contributed by atoms with E-state index in [-0.39, 0.29) is 49.0 Å². The smallest absolute Gasteiger partial charge is 0.268 e. The molecule has 0 radical (unpaired) electrons. The minimum absolute atomic E-state index is 0. The number of rotatable bonds is 8. The molecule has 320 valence electrons. The van der Waals surface area contributed by atoms with E-state index in [4.69, 9.17) is 33.4 Å². The number of benzene rings is 7. The molecule has 0 amide bonds. The van der Waals surface area contributed by atoms with E-state index in [0.29, 0.717) is 34.0 Å². The van der Waals surface area contributed by atoms with Crippen LogP contribution in [-0.2, 0) is 21.1 Å². The molecule has 67 heavy (non-hydrogen) atoms. The zero-order chi connectivity index (χ0) is 52.3. The van der Waals surface area contributed by atoms with Gasteiger partial charge in [-0.1, -0.05) is 127 Å².